The van der Waals surface area contributed by atoms with Crippen LogP contribution >= 0.6 is 0 Å². The fraction of sp³-hybridized carbons (Fsp3) is 1.00. The summed E-state index contributed by atoms with van der Waals surface area (Å²) in [5, 5.41) is 0. The van der Waals surface area contributed by atoms with Gasteiger partial charge in [0.25, 0.3) is 0 Å². The smallest absolute Gasteiger partial charge is 0.178 e. The first-order valence-corrected chi connectivity index (χ1v) is 11.6. The first-order valence-electron chi connectivity index (χ1n) is 6.21. The van der Waals surface area contributed by atoms with Crippen molar-refractivity contribution < 1.29 is 4.12 Å². The molecule has 3 heteroatoms. The van der Waals surface area contributed by atoms with E-state index < -0.39 is 16.6 Å². The molecule has 0 aromatic heterocycles. The Morgan fingerprint density at radius 2 is 0.941 bits per heavy atom. The van der Waals surface area contributed by atoms with E-state index in [1.165, 1.54) is 30.2 Å². The minimum absolute atomic E-state index is 0. The highest BCUT2D eigenvalue weighted by Crippen LogP contribution is 2.29. The van der Waals surface area contributed by atoms with E-state index >= 15 is 0 Å². The van der Waals surface area contributed by atoms with Gasteiger partial charge in [-0.05, 0) is 36.8 Å². The van der Waals surface area contributed by atoms with Crippen LogP contribution in [0, 0.1) is 0 Å². The molecule has 0 aromatic carbocycles. The number of hydrogen-bond donors (Lipinski definition) is 0. The summed E-state index contributed by atoms with van der Waals surface area (Å²) in [6, 6.07) is 6.43. The van der Waals surface area contributed by atoms with Crippen molar-refractivity contribution in [3.63, 3.8) is 0 Å². The predicted octanol–water partition coefficient (Wildman–Crippen LogP) is 6.53. The molecule has 0 aliphatic heterocycles. The van der Waals surface area contributed by atoms with Gasteiger partial charge in [-0.3, -0.25) is 0 Å². The van der Waals surface area contributed by atoms with Crippen LogP contribution < -0.4 is 0 Å². The molecule has 0 amide bonds. The summed E-state index contributed by atoms with van der Waals surface area (Å²) in [4.78, 5) is 0. The highest BCUT2D eigenvalue weighted by molar-refractivity contribution is 6.86. The number of hydrogen-bond acceptors (Lipinski definition) is 1. The fourth-order valence-electron chi connectivity index (χ4n) is 1.88. The van der Waals surface area contributed by atoms with Gasteiger partial charge in [0, 0.05) is 0 Å². The number of rotatable bonds is 7. The monoisotopic (exact) mass is 280 g/mol. The van der Waals surface area contributed by atoms with Crippen LogP contribution in [0.3, 0.4) is 0 Å². The zero-order chi connectivity index (χ0) is 11.2. The van der Waals surface area contributed by atoms with Crippen LogP contribution in [0.2, 0.25) is 36.8 Å². The highest BCUT2D eigenvalue weighted by atomic mass is 28.4. The van der Waals surface area contributed by atoms with Gasteiger partial charge in [0.15, 0.2) is 16.6 Å². The van der Waals surface area contributed by atoms with E-state index in [0.29, 0.717) is 0 Å². The van der Waals surface area contributed by atoms with Crippen molar-refractivity contribution in [3.05, 3.63) is 0 Å². The van der Waals surface area contributed by atoms with E-state index in [1.54, 1.807) is 0 Å². The zero-order valence-electron chi connectivity index (χ0n) is 10.9. The largest absolute Gasteiger partial charge is 0.455 e. The molecular formula is C14H40OSi2. The summed E-state index contributed by atoms with van der Waals surface area (Å²) >= 11 is 0. The SMILES string of the molecule is C.C.C.CC[Si](C)(CC)O[Si](CC)(CC)CC. The second-order valence-electron chi connectivity index (χ2n) is 4.50. The summed E-state index contributed by atoms with van der Waals surface area (Å²) < 4.78 is 6.65. The van der Waals surface area contributed by atoms with Gasteiger partial charge >= 0.3 is 0 Å². The van der Waals surface area contributed by atoms with E-state index in [4.69, 9.17) is 4.12 Å². The lowest BCUT2D eigenvalue weighted by molar-refractivity contribution is 0.517. The first-order chi connectivity index (χ1) is 6.51. The Morgan fingerprint density at radius 3 is 1.12 bits per heavy atom. The van der Waals surface area contributed by atoms with Crippen molar-refractivity contribution in [2.24, 2.45) is 0 Å². The highest BCUT2D eigenvalue weighted by Gasteiger charge is 2.37. The molecule has 0 bridgehead atoms. The molecule has 0 spiro atoms. The molecule has 0 rings (SSSR count). The van der Waals surface area contributed by atoms with Gasteiger partial charge in [-0.1, -0.05) is 56.9 Å². The summed E-state index contributed by atoms with van der Waals surface area (Å²) in [6.45, 7) is 14.0. The second kappa shape index (κ2) is 11.5. The third-order valence-corrected chi connectivity index (χ3v) is 14.5. The fourth-order valence-corrected chi connectivity index (χ4v) is 11.0. The second-order valence-corrected chi connectivity index (χ2v) is 14.1. The van der Waals surface area contributed by atoms with E-state index in [1.807, 2.05) is 0 Å². The lowest BCUT2D eigenvalue weighted by Crippen LogP contribution is -2.48. The lowest BCUT2D eigenvalue weighted by Gasteiger charge is -2.38. The Balaban J connectivity index is -0.000000282. The maximum atomic E-state index is 6.65. The molecule has 0 N–H and O–H groups in total. The quantitative estimate of drug-likeness (QED) is 0.482. The van der Waals surface area contributed by atoms with Crippen LogP contribution in [0.25, 0.3) is 0 Å². The maximum absolute atomic E-state index is 6.65. The van der Waals surface area contributed by atoms with Gasteiger partial charge in [0.2, 0.25) is 0 Å². The third-order valence-electron chi connectivity index (χ3n) is 3.89. The van der Waals surface area contributed by atoms with Crippen LogP contribution in [0.4, 0.5) is 0 Å². The molecule has 0 aliphatic rings. The topological polar surface area (TPSA) is 9.23 Å². The van der Waals surface area contributed by atoms with E-state index in [9.17, 15) is 0 Å². The molecule has 0 aromatic rings. The third kappa shape index (κ3) is 7.42. The van der Waals surface area contributed by atoms with Gasteiger partial charge in [0.05, 0.1) is 0 Å². The molecule has 1 nitrogen and oxygen atoms in total. The van der Waals surface area contributed by atoms with Crippen LogP contribution in [0.15, 0.2) is 0 Å². The molecule has 0 aliphatic carbocycles. The van der Waals surface area contributed by atoms with Crippen LogP contribution in [0.1, 0.15) is 56.9 Å². The van der Waals surface area contributed by atoms with Crippen LogP contribution in [-0.4, -0.2) is 16.6 Å². The normalized spacial score (nSPS) is 10.9. The van der Waals surface area contributed by atoms with Crippen molar-refractivity contribution in [1.82, 2.24) is 0 Å². The minimum atomic E-state index is -1.33. The summed E-state index contributed by atoms with van der Waals surface area (Å²) in [7, 11) is -2.67. The Morgan fingerprint density at radius 1 is 0.647 bits per heavy atom. The molecule has 0 fully saturated rings. The molecular weight excluding hydrogens is 240 g/mol. The van der Waals surface area contributed by atoms with Gasteiger partial charge in [-0.25, -0.2) is 0 Å². The Hall–Kier alpha value is 0.394. The van der Waals surface area contributed by atoms with E-state index in [0.717, 1.165) is 0 Å². The predicted molar refractivity (Wildman–Crippen MR) is 91.1 cm³/mol. The Kier molecular flexibility index (Phi) is 17.6. The van der Waals surface area contributed by atoms with Gasteiger partial charge in [-0.15, -0.1) is 0 Å². The standard InChI is InChI=1S/C11H28OSi2.3CH4/c1-7-13(6,8-2)12-14(9-3,10-4)11-5;;;/h7-11H2,1-6H3;3*1H4. The van der Waals surface area contributed by atoms with Crippen molar-refractivity contribution in [2.45, 2.75) is 93.7 Å². The minimum Gasteiger partial charge on any atom is -0.455 e. The molecule has 0 unspecified atom stereocenters. The molecule has 0 saturated heterocycles. The summed E-state index contributed by atoms with van der Waals surface area (Å²) in [6.07, 6.45) is 0. The van der Waals surface area contributed by atoms with Gasteiger partial charge in [0.1, 0.15) is 0 Å². The van der Waals surface area contributed by atoms with Crippen molar-refractivity contribution in [2.75, 3.05) is 0 Å². The van der Waals surface area contributed by atoms with Gasteiger partial charge in [-0.2, -0.15) is 0 Å². The average molecular weight is 281 g/mol. The van der Waals surface area contributed by atoms with Crippen molar-refractivity contribution >= 4 is 16.6 Å². The molecule has 0 heterocycles. The first kappa shape index (κ1) is 26.1. The van der Waals surface area contributed by atoms with Crippen molar-refractivity contribution in [1.29, 1.82) is 0 Å². The zero-order valence-corrected chi connectivity index (χ0v) is 12.9. The Labute approximate surface area is 115 Å². The summed E-state index contributed by atoms with van der Waals surface area (Å²) in [5.74, 6) is 0. The Bertz CT molecular complexity index is 144. The van der Waals surface area contributed by atoms with E-state index in [2.05, 4.69) is 41.2 Å². The molecule has 17 heavy (non-hydrogen) atoms. The average Bonchev–Trinajstić information content (AvgIpc) is 2.26. The molecule has 0 atom stereocenters. The van der Waals surface area contributed by atoms with Gasteiger partial charge < -0.3 is 4.12 Å². The molecule has 0 saturated carbocycles. The molecule has 110 valence electrons. The van der Waals surface area contributed by atoms with Crippen molar-refractivity contribution in [3.8, 4) is 0 Å². The van der Waals surface area contributed by atoms with Crippen LogP contribution in [-0.2, 0) is 4.12 Å². The lowest BCUT2D eigenvalue weighted by atomic mass is 10.9. The van der Waals surface area contributed by atoms with Crippen LogP contribution in [0.5, 0.6) is 0 Å². The summed E-state index contributed by atoms with van der Waals surface area (Å²) in [5.41, 5.74) is 0. The van der Waals surface area contributed by atoms with E-state index in [-0.39, 0.29) is 22.3 Å². The maximum Gasteiger partial charge on any atom is 0.178 e. The molecule has 0 radical (unpaired) electrons.